The molecule has 1 N–H and O–H groups in total. The Hall–Kier alpha value is -0.925. The Labute approximate surface area is 85.3 Å². The Kier molecular flexibility index (Phi) is 4.05. The summed E-state index contributed by atoms with van der Waals surface area (Å²) < 4.78 is 4.39. The van der Waals surface area contributed by atoms with Crippen molar-refractivity contribution in [3.05, 3.63) is 23.2 Å². The first-order valence-corrected chi connectivity index (χ1v) is 4.77. The van der Waals surface area contributed by atoms with Gasteiger partial charge in [-0.05, 0) is 13.0 Å². The van der Waals surface area contributed by atoms with Crippen molar-refractivity contribution in [2.45, 2.75) is 13.3 Å². The molecule has 1 aliphatic rings. The van der Waals surface area contributed by atoms with Crippen LogP contribution in [0.5, 0.6) is 0 Å². The smallest absolute Gasteiger partial charge is 0.342 e. The second-order valence-corrected chi connectivity index (χ2v) is 3.37. The van der Waals surface area contributed by atoms with Crippen molar-refractivity contribution in [3.63, 3.8) is 0 Å². The number of carbonyl (C=O) groups excluding carboxylic acids is 2. The van der Waals surface area contributed by atoms with Crippen molar-refractivity contribution in [2.75, 3.05) is 0 Å². The van der Waals surface area contributed by atoms with E-state index in [1.165, 1.54) is 0 Å². The number of carbonyl (C=O) groups is 2. The van der Waals surface area contributed by atoms with Gasteiger partial charge in [-0.2, -0.15) is 0 Å². The standard InChI is InChI=1S/C8H11BNO3P/c1-5(4-9-10-14)2-6-3-7(11)13-8(6)12/h2,4,9-10H,3,14H2,1H3. The molecule has 0 spiro atoms. The molecule has 0 aromatic carbocycles. The van der Waals surface area contributed by atoms with Gasteiger partial charge in [-0.1, -0.05) is 20.9 Å². The lowest BCUT2D eigenvalue weighted by molar-refractivity contribution is -0.151. The maximum Gasteiger partial charge on any atom is 0.342 e. The third-order valence-corrected chi connectivity index (χ3v) is 1.98. The van der Waals surface area contributed by atoms with E-state index < -0.39 is 11.9 Å². The van der Waals surface area contributed by atoms with E-state index in [2.05, 4.69) is 19.1 Å². The number of nitrogens with one attached hydrogen (secondary N) is 1. The first-order chi connectivity index (χ1) is 6.63. The molecule has 1 rings (SSSR count). The molecule has 1 fully saturated rings. The maximum absolute atomic E-state index is 11.0. The second-order valence-electron chi connectivity index (χ2n) is 2.96. The number of rotatable bonds is 3. The van der Waals surface area contributed by atoms with Gasteiger partial charge in [0.1, 0.15) is 0 Å². The molecule has 1 aliphatic heterocycles. The quantitative estimate of drug-likeness (QED) is 0.235. The normalized spacial score (nSPS) is 20.1. The Morgan fingerprint density at radius 3 is 2.86 bits per heavy atom. The van der Waals surface area contributed by atoms with Crippen LogP contribution in [0.1, 0.15) is 13.3 Å². The van der Waals surface area contributed by atoms with Crippen molar-refractivity contribution in [1.29, 1.82) is 0 Å². The number of hydrogen-bond acceptors (Lipinski definition) is 4. The molecule has 0 saturated carbocycles. The van der Waals surface area contributed by atoms with Crippen LogP contribution in [-0.4, -0.2) is 19.4 Å². The number of allylic oxidation sites excluding steroid dienone is 2. The van der Waals surface area contributed by atoms with Gasteiger partial charge in [0, 0.05) is 5.57 Å². The van der Waals surface area contributed by atoms with Crippen molar-refractivity contribution in [2.24, 2.45) is 0 Å². The predicted molar refractivity (Wildman–Crippen MR) is 57.6 cm³/mol. The molecule has 0 aromatic rings. The summed E-state index contributed by atoms with van der Waals surface area (Å²) in [5.41, 5.74) is 1.36. The zero-order valence-electron chi connectivity index (χ0n) is 7.87. The fourth-order valence-electron chi connectivity index (χ4n) is 1.10. The number of esters is 2. The van der Waals surface area contributed by atoms with E-state index in [-0.39, 0.29) is 6.42 Å². The van der Waals surface area contributed by atoms with Gasteiger partial charge in [-0.15, -0.1) is 0 Å². The van der Waals surface area contributed by atoms with E-state index in [1.54, 1.807) is 6.08 Å². The highest BCUT2D eigenvalue weighted by molar-refractivity contribution is 7.16. The number of cyclic esters (lactones) is 2. The highest BCUT2D eigenvalue weighted by Crippen LogP contribution is 2.16. The maximum atomic E-state index is 11.0. The molecule has 1 heterocycles. The minimum Gasteiger partial charge on any atom is -0.389 e. The topological polar surface area (TPSA) is 55.4 Å². The summed E-state index contributed by atoms with van der Waals surface area (Å²) in [5.74, 6) is 0.913. The summed E-state index contributed by atoms with van der Waals surface area (Å²) in [6.07, 6.45) is 1.76. The molecule has 14 heavy (non-hydrogen) atoms. The summed E-state index contributed by atoms with van der Waals surface area (Å²) in [4.78, 5) is 24.6. The first kappa shape index (κ1) is 11.2. The summed E-state index contributed by atoms with van der Waals surface area (Å²) in [7, 11) is 3.07. The molecule has 1 saturated heterocycles. The van der Waals surface area contributed by atoms with E-state index in [9.17, 15) is 9.59 Å². The Balaban J connectivity index is 2.68. The van der Waals surface area contributed by atoms with E-state index in [4.69, 9.17) is 0 Å². The van der Waals surface area contributed by atoms with E-state index in [0.29, 0.717) is 13.0 Å². The Bertz CT molecular complexity index is 325. The van der Waals surface area contributed by atoms with Crippen LogP contribution < -0.4 is 5.00 Å². The lowest BCUT2D eigenvalue weighted by atomic mass is 9.93. The van der Waals surface area contributed by atoms with Crippen LogP contribution in [-0.2, 0) is 14.3 Å². The number of hydrogen-bond donors (Lipinski definition) is 1. The highest BCUT2D eigenvalue weighted by atomic mass is 31.0. The zero-order valence-corrected chi connectivity index (χ0v) is 9.03. The largest absolute Gasteiger partial charge is 0.389 e. The summed E-state index contributed by atoms with van der Waals surface area (Å²) in [5, 5.41) is 0. The van der Waals surface area contributed by atoms with Gasteiger partial charge in [0.05, 0.1) is 6.42 Å². The molecule has 0 amide bonds. The molecule has 74 valence electrons. The highest BCUT2D eigenvalue weighted by Gasteiger charge is 2.26. The van der Waals surface area contributed by atoms with Crippen LogP contribution in [0.3, 0.4) is 0 Å². The van der Waals surface area contributed by atoms with Gasteiger partial charge in [0.25, 0.3) is 0 Å². The van der Waals surface area contributed by atoms with Crippen LogP contribution in [0, 0.1) is 0 Å². The van der Waals surface area contributed by atoms with E-state index in [1.807, 2.05) is 12.9 Å². The average molecular weight is 211 g/mol. The van der Waals surface area contributed by atoms with Gasteiger partial charge in [-0.25, -0.2) is 4.79 Å². The van der Waals surface area contributed by atoms with Gasteiger partial charge in [0.2, 0.25) is 7.41 Å². The summed E-state index contributed by atoms with van der Waals surface area (Å²) in [6.45, 7) is 1.87. The molecule has 0 aromatic heterocycles. The van der Waals surface area contributed by atoms with Crippen LogP contribution in [0.15, 0.2) is 23.2 Å². The molecular formula is C8H11BNO3P. The molecule has 1 atom stereocenters. The van der Waals surface area contributed by atoms with E-state index in [0.717, 1.165) is 5.57 Å². The Morgan fingerprint density at radius 2 is 2.36 bits per heavy atom. The van der Waals surface area contributed by atoms with Gasteiger partial charge >= 0.3 is 11.9 Å². The van der Waals surface area contributed by atoms with Gasteiger partial charge in [0.15, 0.2) is 0 Å². The third kappa shape index (κ3) is 3.09. The summed E-state index contributed by atoms with van der Waals surface area (Å²) in [6, 6.07) is 0. The van der Waals surface area contributed by atoms with Crippen molar-refractivity contribution in [3.8, 4) is 0 Å². The molecule has 1 unspecified atom stereocenters. The van der Waals surface area contributed by atoms with Gasteiger partial charge < -0.3 is 9.74 Å². The Morgan fingerprint density at radius 1 is 1.64 bits per heavy atom. The molecule has 0 bridgehead atoms. The molecule has 0 aliphatic carbocycles. The monoisotopic (exact) mass is 211 g/mol. The lowest BCUT2D eigenvalue weighted by Crippen LogP contribution is -2.02. The van der Waals surface area contributed by atoms with E-state index >= 15 is 0 Å². The fraction of sp³-hybridized carbons (Fsp3) is 0.250. The predicted octanol–water partition coefficient (Wildman–Crippen LogP) is 0.0213. The van der Waals surface area contributed by atoms with Gasteiger partial charge in [-0.3, -0.25) is 4.79 Å². The third-order valence-electron chi connectivity index (χ3n) is 1.75. The molecule has 0 radical (unpaired) electrons. The SMILES string of the molecule is CC(=CBNP)C=C1CC(=O)OC1=O. The summed E-state index contributed by atoms with van der Waals surface area (Å²) >= 11 is 0. The average Bonchev–Trinajstić information content (AvgIpc) is 2.42. The molecular weight excluding hydrogens is 200 g/mol. The molecule has 4 nitrogen and oxygen atoms in total. The fourth-order valence-corrected chi connectivity index (χ4v) is 1.21. The minimum absolute atomic E-state index is 0.0817. The minimum atomic E-state index is -0.526. The second kappa shape index (κ2) is 5.08. The number of ether oxygens (including phenoxy) is 1. The van der Waals surface area contributed by atoms with Crippen molar-refractivity contribution in [1.82, 2.24) is 5.00 Å². The van der Waals surface area contributed by atoms with Crippen molar-refractivity contribution < 1.29 is 14.3 Å². The van der Waals surface area contributed by atoms with Crippen LogP contribution >= 0.6 is 9.39 Å². The zero-order chi connectivity index (χ0) is 10.6. The van der Waals surface area contributed by atoms with Crippen LogP contribution in [0.4, 0.5) is 0 Å². The van der Waals surface area contributed by atoms with Crippen LogP contribution in [0.2, 0.25) is 0 Å². The van der Waals surface area contributed by atoms with Crippen LogP contribution in [0.25, 0.3) is 0 Å². The van der Waals surface area contributed by atoms with Crippen molar-refractivity contribution >= 4 is 28.7 Å². The lowest BCUT2D eigenvalue weighted by Gasteiger charge is -1.93. The first-order valence-electron chi connectivity index (χ1n) is 4.19. The molecule has 6 heteroatoms.